The highest BCUT2D eigenvalue weighted by atomic mass is 79.9. The number of nitrogens with zero attached hydrogens (tertiary/aromatic N) is 1. The number of carbonyl (C=O) groups is 1. The Morgan fingerprint density at radius 1 is 1.30 bits per heavy atom. The number of ether oxygens (including phenoxy) is 1. The van der Waals surface area contributed by atoms with Crippen LogP contribution in [-0.2, 0) is 4.74 Å². The van der Waals surface area contributed by atoms with Crippen molar-refractivity contribution >= 4 is 27.6 Å². The number of rotatable bonds is 1. The second-order valence-corrected chi connectivity index (χ2v) is 6.74. The lowest BCUT2D eigenvalue weighted by Gasteiger charge is -2.29. The standard InChI is InChI=1S/C16H20BrNO2/c1-16(2,3)20-15(19)18-10-8-12(9-11-18)13-6-4-5-7-14(13)17/h4-8H,9-11H2,1-3H3. The van der Waals surface area contributed by atoms with Crippen molar-refractivity contribution in [3.63, 3.8) is 0 Å². The van der Waals surface area contributed by atoms with E-state index in [1.54, 1.807) is 4.90 Å². The smallest absolute Gasteiger partial charge is 0.410 e. The summed E-state index contributed by atoms with van der Waals surface area (Å²) in [6, 6.07) is 8.17. The van der Waals surface area contributed by atoms with E-state index in [9.17, 15) is 4.79 Å². The fourth-order valence-corrected chi connectivity index (χ4v) is 2.67. The van der Waals surface area contributed by atoms with Crippen LogP contribution < -0.4 is 0 Å². The van der Waals surface area contributed by atoms with Gasteiger partial charge in [-0.1, -0.05) is 40.2 Å². The molecule has 0 unspecified atom stereocenters. The van der Waals surface area contributed by atoms with E-state index in [0.717, 1.165) is 10.9 Å². The summed E-state index contributed by atoms with van der Waals surface area (Å²) in [5, 5.41) is 0. The van der Waals surface area contributed by atoms with Crippen molar-refractivity contribution in [1.82, 2.24) is 4.90 Å². The molecule has 108 valence electrons. The summed E-state index contributed by atoms with van der Waals surface area (Å²) in [6.45, 7) is 6.96. The average molecular weight is 338 g/mol. The second kappa shape index (κ2) is 6.00. The molecule has 1 heterocycles. The molecule has 4 heteroatoms. The van der Waals surface area contributed by atoms with Crippen LogP contribution in [0.4, 0.5) is 4.79 Å². The number of hydrogen-bond donors (Lipinski definition) is 0. The van der Waals surface area contributed by atoms with E-state index in [4.69, 9.17) is 4.74 Å². The third-order valence-electron chi connectivity index (χ3n) is 3.08. The Balaban J connectivity index is 2.04. The van der Waals surface area contributed by atoms with Crippen molar-refractivity contribution in [3.8, 4) is 0 Å². The van der Waals surface area contributed by atoms with Gasteiger partial charge in [-0.2, -0.15) is 0 Å². The first-order valence-electron chi connectivity index (χ1n) is 6.79. The van der Waals surface area contributed by atoms with E-state index in [0.29, 0.717) is 13.1 Å². The molecule has 20 heavy (non-hydrogen) atoms. The van der Waals surface area contributed by atoms with Crippen molar-refractivity contribution < 1.29 is 9.53 Å². The number of halogens is 1. The summed E-state index contributed by atoms with van der Waals surface area (Å²) in [5.41, 5.74) is 2.04. The molecular weight excluding hydrogens is 318 g/mol. The van der Waals surface area contributed by atoms with Crippen LogP contribution in [0.2, 0.25) is 0 Å². The Morgan fingerprint density at radius 3 is 2.55 bits per heavy atom. The van der Waals surface area contributed by atoms with Gasteiger partial charge in [0.25, 0.3) is 0 Å². The molecule has 0 fully saturated rings. The van der Waals surface area contributed by atoms with Crippen LogP contribution in [0.3, 0.4) is 0 Å². The third kappa shape index (κ3) is 3.85. The van der Waals surface area contributed by atoms with Crippen LogP contribution in [-0.4, -0.2) is 29.7 Å². The molecule has 0 saturated heterocycles. The fraction of sp³-hybridized carbons (Fsp3) is 0.438. The topological polar surface area (TPSA) is 29.5 Å². The Bertz CT molecular complexity index is 532. The number of hydrogen-bond acceptors (Lipinski definition) is 2. The minimum absolute atomic E-state index is 0.236. The van der Waals surface area contributed by atoms with Crippen LogP contribution in [0.1, 0.15) is 32.8 Å². The zero-order valence-corrected chi connectivity index (χ0v) is 13.7. The third-order valence-corrected chi connectivity index (χ3v) is 3.77. The average Bonchev–Trinajstić information content (AvgIpc) is 2.37. The molecule has 1 aliphatic rings. The summed E-state index contributed by atoms with van der Waals surface area (Å²) >= 11 is 3.57. The lowest BCUT2D eigenvalue weighted by Crippen LogP contribution is -2.39. The number of carbonyl (C=O) groups excluding carboxylic acids is 1. The van der Waals surface area contributed by atoms with Crippen molar-refractivity contribution in [2.45, 2.75) is 32.8 Å². The van der Waals surface area contributed by atoms with Crippen LogP contribution in [0.5, 0.6) is 0 Å². The molecule has 1 amide bonds. The molecule has 3 nitrogen and oxygen atoms in total. The predicted molar refractivity (Wildman–Crippen MR) is 84.5 cm³/mol. The quantitative estimate of drug-likeness (QED) is 0.756. The van der Waals surface area contributed by atoms with Gasteiger partial charge in [-0.15, -0.1) is 0 Å². The van der Waals surface area contributed by atoms with E-state index < -0.39 is 5.60 Å². The first-order valence-corrected chi connectivity index (χ1v) is 7.58. The molecule has 0 aromatic heterocycles. The molecular formula is C16H20BrNO2. The summed E-state index contributed by atoms with van der Waals surface area (Å²) in [5.74, 6) is 0. The van der Waals surface area contributed by atoms with Gasteiger partial charge >= 0.3 is 6.09 Å². The monoisotopic (exact) mass is 337 g/mol. The van der Waals surface area contributed by atoms with Gasteiger partial charge in [-0.3, -0.25) is 0 Å². The van der Waals surface area contributed by atoms with E-state index in [1.807, 2.05) is 39.0 Å². The molecule has 1 aliphatic heterocycles. The molecule has 1 aromatic rings. The van der Waals surface area contributed by atoms with Gasteiger partial charge in [-0.05, 0) is 44.4 Å². The van der Waals surface area contributed by atoms with Gasteiger partial charge < -0.3 is 9.64 Å². The molecule has 0 radical (unpaired) electrons. The molecule has 0 aliphatic carbocycles. The van der Waals surface area contributed by atoms with Crippen molar-refractivity contribution in [1.29, 1.82) is 0 Å². The van der Waals surface area contributed by atoms with Crippen LogP contribution in [0.15, 0.2) is 34.8 Å². The maximum absolute atomic E-state index is 12.0. The highest BCUT2D eigenvalue weighted by Gasteiger charge is 2.24. The van der Waals surface area contributed by atoms with Crippen molar-refractivity contribution in [3.05, 3.63) is 40.4 Å². The summed E-state index contributed by atoms with van der Waals surface area (Å²) in [7, 11) is 0. The first-order chi connectivity index (χ1) is 9.37. The van der Waals surface area contributed by atoms with Crippen molar-refractivity contribution in [2.24, 2.45) is 0 Å². The Morgan fingerprint density at radius 2 is 2.00 bits per heavy atom. The van der Waals surface area contributed by atoms with Crippen LogP contribution >= 0.6 is 15.9 Å². The molecule has 0 spiro atoms. The largest absolute Gasteiger partial charge is 0.444 e. The molecule has 0 bridgehead atoms. The van der Waals surface area contributed by atoms with Gasteiger partial charge in [-0.25, -0.2) is 4.79 Å². The summed E-state index contributed by atoms with van der Waals surface area (Å²) in [6.07, 6.45) is 2.72. The normalized spacial score (nSPS) is 15.8. The lowest BCUT2D eigenvalue weighted by molar-refractivity contribution is 0.0270. The molecule has 0 saturated carbocycles. The lowest BCUT2D eigenvalue weighted by atomic mass is 10.00. The number of benzene rings is 1. The zero-order valence-electron chi connectivity index (χ0n) is 12.1. The van der Waals surface area contributed by atoms with Gasteiger partial charge in [0, 0.05) is 17.6 Å². The van der Waals surface area contributed by atoms with E-state index in [-0.39, 0.29) is 6.09 Å². The van der Waals surface area contributed by atoms with Gasteiger partial charge in [0.15, 0.2) is 0 Å². The molecule has 2 rings (SSSR count). The van der Waals surface area contributed by atoms with E-state index >= 15 is 0 Å². The van der Waals surface area contributed by atoms with Crippen molar-refractivity contribution in [2.75, 3.05) is 13.1 Å². The molecule has 1 aromatic carbocycles. The maximum Gasteiger partial charge on any atom is 0.410 e. The number of amides is 1. The Kier molecular flexibility index (Phi) is 4.53. The van der Waals surface area contributed by atoms with Crippen LogP contribution in [0.25, 0.3) is 5.57 Å². The molecule has 0 N–H and O–H groups in total. The predicted octanol–water partition coefficient (Wildman–Crippen LogP) is 4.47. The first kappa shape index (κ1) is 15.1. The SMILES string of the molecule is CC(C)(C)OC(=O)N1CC=C(c2ccccc2Br)CC1. The summed E-state index contributed by atoms with van der Waals surface area (Å²) < 4.78 is 6.48. The van der Waals surface area contributed by atoms with Gasteiger partial charge in [0.05, 0.1) is 0 Å². The minimum atomic E-state index is -0.441. The summed E-state index contributed by atoms with van der Waals surface area (Å²) in [4.78, 5) is 13.7. The van der Waals surface area contributed by atoms with Gasteiger partial charge in [0.2, 0.25) is 0 Å². The van der Waals surface area contributed by atoms with E-state index in [2.05, 4.69) is 28.1 Å². The maximum atomic E-state index is 12.0. The highest BCUT2D eigenvalue weighted by molar-refractivity contribution is 9.10. The van der Waals surface area contributed by atoms with E-state index in [1.165, 1.54) is 11.1 Å². The Hall–Kier alpha value is -1.29. The fourth-order valence-electron chi connectivity index (χ4n) is 2.13. The molecule has 0 atom stereocenters. The van der Waals surface area contributed by atoms with Crippen LogP contribution in [0, 0.1) is 0 Å². The Labute approximate surface area is 128 Å². The highest BCUT2D eigenvalue weighted by Crippen LogP contribution is 2.28. The minimum Gasteiger partial charge on any atom is -0.444 e. The second-order valence-electron chi connectivity index (χ2n) is 5.89. The van der Waals surface area contributed by atoms with Gasteiger partial charge in [0.1, 0.15) is 5.60 Å². The zero-order chi connectivity index (χ0) is 14.8.